The molecule has 0 fully saturated rings. The number of rotatable bonds is 11. The van der Waals surface area contributed by atoms with Gasteiger partial charge in [-0.25, -0.2) is 0 Å². The number of phenols is 1. The van der Waals surface area contributed by atoms with Crippen molar-refractivity contribution in [2.45, 2.75) is 46.5 Å². The lowest BCUT2D eigenvalue weighted by Crippen LogP contribution is -1.98. The van der Waals surface area contributed by atoms with Gasteiger partial charge in [-0.15, -0.1) is 0 Å². The molecule has 0 aliphatic rings. The monoisotopic (exact) mass is 727 g/mol. The molecule has 0 amide bonds. The predicted molar refractivity (Wildman–Crippen MR) is 231 cm³/mol. The lowest BCUT2D eigenvalue weighted by molar-refractivity contribution is 0.477. The molecule has 3 aromatic heterocycles. The molecular formula is C52H45N3O. The topological polar surface area (TPSA) is 58.9 Å². The van der Waals surface area contributed by atoms with E-state index in [4.69, 9.17) is 0 Å². The van der Waals surface area contributed by atoms with Crippen LogP contribution in [0, 0.1) is 20.8 Å². The van der Waals surface area contributed by atoms with Gasteiger partial charge in [0.15, 0.2) is 0 Å². The molecule has 8 rings (SSSR count). The molecule has 8 aromatic rings. The number of benzene rings is 5. The Kier molecular flexibility index (Phi) is 10.6. The maximum absolute atomic E-state index is 11.4. The molecule has 0 bridgehead atoms. The molecule has 0 spiro atoms. The number of hydrogen-bond donors (Lipinski definition) is 1. The summed E-state index contributed by atoms with van der Waals surface area (Å²) in [5.74, 6) is 0.238. The van der Waals surface area contributed by atoms with Gasteiger partial charge in [0.05, 0.1) is 17.1 Å². The number of hydrogen-bond acceptors (Lipinski definition) is 4. The number of phenolic OH excluding ortho intramolecular Hbond substituents is 1. The maximum Gasteiger partial charge on any atom is 0.124 e. The van der Waals surface area contributed by atoms with E-state index in [0.717, 1.165) is 98.4 Å². The van der Waals surface area contributed by atoms with Crippen molar-refractivity contribution in [2.75, 3.05) is 0 Å². The van der Waals surface area contributed by atoms with Crippen molar-refractivity contribution in [3.63, 3.8) is 0 Å². The molecule has 1 N–H and O–H groups in total. The highest BCUT2D eigenvalue weighted by Crippen LogP contribution is 2.39. The fourth-order valence-electron chi connectivity index (χ4n) is 7.27. The minimum absolute atomic E-state index is 0.238. The summed E-state index contributed by atoms with van der Waals surface area (Å²) in [6.45, 7) is 6.15. The van der Waals surface area contributed by atoms with Crippen LogP contribution in [-0.4, -0.2) is 20.1 Å². The van der Waals surface area contributed by atoms with Gasteiger partial charge in [-0.1, -0.05) is 115 Å². The van der Waals surface area contributed by atoms with E-state index in [9.17, 15) is 5.11 Å². The number of pyridine rings is 3. The molecule has 0 saturated carbocycles. The number of nitrogens with zero attached hydrogens (tertiary/aromatic N) is 3. The van der Waals surface area contributed by atoms with Crippen molar-refractivity contribution in [1.82, 2.24) is 15.0 Å². The molecular weight excluding hydrogens is 683 g/mol. The first-order valence-electron chi connectivity index (χ1n) is 19.4. The van der Waals surface area contributed by atoms with Crippen LogP contribution in [-0.2, 0) is 25.7 Å². The molecule has 0 atom stereocenters. The van der Waals surface area contributed by atoms with Crippen LogP contribution in [0.1, 0.15) is 38.9 Å². The highest BCUT2D eigenvalue weighted by molar-refractivity contribution is 5.87. The van der Waals surface area contributed by atoms with Crippen molar-refractivity contribution in [3.8, 4) is 61.8 Å². The third-order valence-electron chi connectivity index (χ3n) is 10.5. The summed E-state index contributed by atoms with van der Waals surface area (Å²) in [6.07, 6.45) is 9.37. The zero-order valence-corrected chi connectivity index (χ0v) is 32.2. The Hall–Kier alpha value is -6.65. The highest BCUT2D eigenvalue weighted by Gasteiger charge is 2.14. The Morgan fingerprint density at radius 2 is 0.786 bits per heavy atom. The third kappa shape index (κ3) is 8.51. The molecule has 4 heteroatoms. The second-order valence-electron chi connectivity index (χ2n) is 14.9. The SMILES string of the molecule is Cc1ccc(-c2ccc(CCc3cc(CCc4ccc(-c5ccc(C)cn5)cc4)cc(-c4ccccc4-c4ccc(-c5ccc(C)cn5)cc4O)c3)cc2)nc1. The van der Waals surface area contributed by atoms with E-state index >= 15 is 0 Å². The zero-order valence-electron chi connectivity index (χ0n) is 32.2. The summed E-state index contributed by atoms with van der Waals surface area (Å²) in [6, 6.07) is 51.4. The number of aryl methyl sites for hydroxylation is 7. The largest absolute Gasteiger partial charge is 0.507 e. The number of aromatic hydroxyl groups is 1. The first-order chi connectivity index (χ1) is 27.3. The normalized spacial score (nSPS) is 11.1. The summed E-state index contributed by atoms with van der Waals surface area (Å²) in [4.78, 5) is 13.8. The van der Waals surface area contributed by atoms with Crippen molar-refractivity contribution >= 4 is 0 Å². The molecule has 274 valence electrons. The fourth-order valence-corrected chi connectivity index (χ4v) is 7.27. The smallest absolute Gasteiger partial charge is 0.124 e. The van der Waals surface area contributed by atoms with E-state index in [1.807, 2.05) is 61.9 Å². The Bertz CT molecular complexity index is 2460. The van der Waals surface area contributed by atoms with Gasteiger partial charge in [0.25, 0.3) is 0 Å². The molecule has 0 saturated heterocycles. The lowest BCUT2D eigenvalue weighted by atomic mass is 9.89. The quantitative estimate of drug-likeness (QED) is 0.144. The van der Waals surface area contributed by atoms with Gasteiger partial charge >= 0.3 is 0 Å². The predicted octanol–water partition coefficient (Wildman–Crippen LogP) is 12.4. The van der Waals surface area contributed by atoms with E-state index in [1.54, 1.807) is 0 Å². The zero-order chi connectivity index (χ0) is 38.4. The van der Waals surface area contributed by atoms with E-state index < -0.39 is 0 Å². The van der Waals surface area contributed by atoms with Crippen LogP contribution in [0.2, 0.25) is 0 Å². The molecule has 0 unspecified atom stereocenters. The Labute approximate surface area is 330 Å². The average Bonchev–Trinajstić information content (AvgIpc) is 3.23. The van der Waals surface area contributed by atoms with Crippen molar-refractivity contribution in [3.05, 3.63) is 203 Å². The second-order valence-corrected chi connectivity index (χ2v) is 14.9. The van der Waals surface area contributed by atoms with Crippen LogP contribution in [0.3, 0.4) is 0 Å². The summed E-state index contributed by atoms with van der Waals surface area (Å²) >= 11 is 0. The van der Waals surface area contributed by atoms with E-state index in [-0.39, 0.29) is 5.75 Å². The van der Waals surface area contributed by atoms with Crippen molar-refractivity contribution in [2.24, 2.45) is 0 Å². The molecule has 4 nitrogen and oxygen atoms in total. The summed E-state index contributed by atoms with van der Waals surface area (Å²) in [7, 11) is 0. The van der Waals surface area contributed by atoms with Gasteiger partial charge in [0.1, 0.15) is 5.75 Å². The van der Waals surface area contributed by atoms with Gasteiger partial charge in [0.2, 0.25) is 0 Å². The molecule has 0 radical (unpaired) electrons. The fraction of sp³-hybridized carbons (Fsp3) is 0.135. The first kappa shape index (κ1) is 36.3. The van der Waals surface area contributed by atoms with Gasteiger partial charge < -0.3 is 5.11 Å². The van der Waals surface area contributed by atoms with Crippen LogP contribution in [0.5, 0.6) is 5.75 Å². The molecule has 0 aliphatic carbocycles. The average molecular weight is 728 g/mol. The third-order valence-corrected chi connectivity index (χ3v) is 10.5. The Morgan fingerprint density at radius 3 is 1.23 bits per heavy atom. The number of aromatic nitrogens is 3. The van der Waals surface area contributed by atoms with Crippen molar-refractivity contribution < 1.29 is 5.11 Å². The van der Waals surface area contributed by atoms with Gasteiger partial charge in [-0.2, -0.15) is 0 Å². The highest BCUT2D eigenvalue weighted by atomic mass is 16.3. The van der Waals surface area contributed by atoms with Crippen LogP contribution in [0.4, 0.5) is 0 Å². The van der Waals surface area contributed by atoms with Gasteiger partial charge in [0, 0.05) is 40.8 Å². The summed E-state index contributed by atoms with van der Waals surface area (Å²) in [5.41, 5.74) is 18.6. The van der Waals surface area contributed by atoms with Crippen LogP contribution in [0.15, 0.2) is 164 Å². The minimum Gasteiger partial charge on any atom is -0.507 e. The lowest BCUT2D eigenvalue weighted by Gasteiger charge is -2.16. The van der Waals surface area contributed by atoms with E-state index in [1.165, 1.54) is 22.3 Å². The summed E-state index contributed by atoms with van der Waals surface area (Å²) < 4.78 is 0. The molecule has 0 aliphatic heterocycles. The Morgan fingerprint density at radius 1 is 0.357 bits per heavy atom. The molecule has 3 heterocycles. The second kappa shape index (κ2) is 16.4. The standard InChI is InChI=1S/C52H45N3O/c1-35-8-25-49(53-32-35)42-19-15-38(16-20-42)11-13-40-28-41(14-12-39-17-21-43(22-18-39)50-26-9-36(2)33-54-50)30-45(29-40)46-6-4-5-7-47(46)48-24-23-44(31-52(48)56)51-27-10-37(3)34-55-51/h4-10,15-34,56H,11-14H2,1-3H3. The van der Waals surface area contributed by atoms with Gasteiger partial charge in [-0.3, -0.25) is 15.0 Å². The maximum atomic E-state index is 11.4. The van der Waals surface area contributed by atoms with Crippen LogP contribution < -0.4 is 0 Å². The Balaban J connectivity index is 1.08. The van der Waals surface area contributed by atoms with E-state index in [2.05, 4.69) is 138 Å². The minimum atomic E-state index is 0.238. The van der Waals surface area contributed by atoms with Crippen LogP contribution in [0.25, 0.3) is 56.0 Å². The van der Waals surface area contributed by atoms with E-state index in [0.29, 0.717) is 0 Å². The summed E-state index contributed by atoms with van der Waals surface area (Å²) in [5, 5.41) is 11.4. The van der Waals surface area contributed by atoms with Crippen molar-refractivity contribution in [1.29, 1.82) is 0 Å². The van der Waals surface area contributed by atoms with Gasteiger partial charge in [-0.05, 0) is 132 Å². The first-order valence-corrected chi connectivity index (χ1v) is 19.4. The van der Waals surface area contributed by atoms with Crippen LogP contribution >= 0.6 is 0 Å². The molecule has 56 heavy (non-hydrogen) atoms. The molecule has 5 aromatic carbocycles.